The van der Waals surface area contributed by atoms with Crippen molar-refractivity contribution in [2.75, 3.05) is 6.61 Å². The Labute approximate surface area is 151 Å². The fraction of sp³-hybridized carbons (Fsp3) is 0.350. The van der Waals surface area contributed by atoms with Gasteiger partial charge in [-0.15, -0.1) is 0 Å². The molecule has 0 fully saturated rings. The van der Waals surface area contributed by atoms with Crippen molar-refractivity contribution < 1.29 is 24.1 Å². The molecule has 0 aromatic heterocycles. The molecule has 0 unspecified atom stereocenters. The number of ether oxygens (including phenoxy) is 1. The van der Waals surface area contributed by atoms with Crippen LogP contribution in [0.4, 0.5) is 4.39 Å². The number of halogens is 1. The van der Waals surface area contributed by atoms with Gasteiger partial charge in [-0.05, 0) is 62.2 Å². The second kappa shape index (κ2) is 7.05. The van der Waals surface area contributed by atoms with Crippen LogP contribution < -0.4 is 10.1 Å². The first-order valence-electron chi connectivity index (χ1n) is 8.49. The van der Waals surface area contributed by atoms with E-state index < -0.39 is 29.5 Å². The van der Waals surface area contributed by atoms with Gasteiger partial charge >= 0.3 is 0 Å². The Bertz CT molecular complexity index is 804. The first-order valence-corrected chi connectivity index (χ1v) is 8.49. The van der Waals surface area contributed by atoms with Crippen LogP contribution in [0.2, 0.25) is 0 Å². The van der Waals surface area contributed by atoms with Crippen molar-refractivity contribution in [3.8, 4) is 5.75 Å². The van der Waals surface area contributed by atoms with Gasteiger partial charge in [0, 0.05) is 17.7 Å². The highest BCUT2D eigenvalue weighted by atomic mass is 19.1. The zero-order valence-electron chi connectivity index (χ0n) is 14.7. The van der Waals surface area contributed by atoms with Gasteiger partial charge in [-0.25, -0.2) is 4.39 Å². The van der Waals surface area contributed by atoms with E-state index in [0.717, 1.165) is 5.56 Å². The molecule has 0 spiro atoms. The van der Waals surface area contributed by atoms with Gasteiger partial charge in [0.25, 0.3) is 5.91 Å². The topological polar surface area (TPSA) is 78.8 Å². The van der Waals surface area contributed by atoms with E-state index in [0.29, 0.717) is 23.3 Å². The molecule has 0 radical (unpaired) electrons. The average Bonchev–Trinajstić information content (AvgIpc) is 2.60. The summed E-state index contributed by atoms with van der Waals surface area (Å²) < 4.78 is 19.0. The predicted octanol–water partition coefficient (Wildman–Crippen LogP) is 2.36. The number of fused-ring (bicyclic) bond motifs is 1. The fourth-order valence-corrected chi connectivity index (χ4v) is 3.12. The summed E-state index contributed by atoms with van der Waals surface area (Å²) in [7, 11) is 0. The second-order valence-corrected chi connectivity index (χ2v) is 6.95. The zero-order valence-corrected chi connectivity index (χ0v) is 14.7. The van der Waals surface area contributed by atoms with Crippen LogP contribution in [-0.2, 0) is 6.42 Å². The third kappa shape index (κ3) is 3.57. The quantitative estimate of drug-likeness (QED) is 0.783. The molecule has 3 rings (SSSR count). The molecule has 26 heavy (non-hydrogen) atoms. The first-order chi connectivity index (χ1) is 12.3. The Kier molecular flexibility index (Phi) is 4.98. The van der Waals surface area contributed by atoms with Gasteiger partial charge in [0.15, 0.2) is 0 Å². The standard InChI is InChI=1S/C20H22FNO4/c1-20(2)18(24)17(22-19(25)13-4-6-14(21)7-5-13)15-11-12(9-10-23)3-8-16(15)26-20/h3-8,11,17-18,23-24H,9-10H2,1-2H3,(H,22,25)/t17-,18+/m1/s1. The Morgan fingerprint density at radius 2 is 1.92 bits per heavy atom. The van der Waals surface area contributed by atoms with Crippen molar-refractivity contribution in [1.29, 1.82) is 0 Å². The van der Waals surface area contributed by atoms with E-state index in [1.807, 2.05) is 12.1 Å². The van der Waals surface area contributed by atoms with Gasteiger partial charge in [0.2, 0.25) is 0 Å². The van der Waals surface area contributed by atoms with Crippen molar-refractivity contribution in [3.63, 3.8) is 0 Å². The molecule has 5 nitrogen and oxygen atoms in total. The summed E-state index contributed by atoms with van der Waals surface area (Å²) in [6.07, 6.45) is -0.519. The number of benzene rings is 2. The third-order valence-corrected chi connectivity index (χ3v) is 4.60. The normalized spacial score (nSPS) is 20.8. The minimum absolute atomic E-state index is 0.000293. The number of aliphatic hydroxyl groups excluding tert-OH is 2. The molecule has 0 saturated heterocycles. The van der Waals surface area contributed by atoms with Crippen LogP contribution in [0.3, 0.4) is 0 Å². The van der Waals surface area contributed by atoms with E-state index in [-0.39, 0.29) is 6.61 Å². The average molecular weight is 359 g/mol. The van der Waals surface area contributed by atoms with Crippen LogP contribution in [0, 0.1) is 5.82 Å². The van der Waals surface area contributed by atoms with E-state index >= 15 is 0 Å². The summed E-state index contributed by atoms with van der Waals surface area (Å²) in [5.74, 6) is -0.260. The molecule has 2 aromatic rings. The van der Waals surface area contributed by atoms with E-state index in [9.17, 15) is 14.3 Å². The maximum absolute atomic E-state index is 13.1. The molecule has 1 amide bonds. The highest BCUT2D eigenvalue weighted by Gasteiger charge is 2.43. The number of rotatable bonds is 4. The van der Waals surface area contributed by atoms with Crippen molar-refractivity contribution >= 4 is 5.91 Å². The lowest BCUT2D eigenvalue weighted by Gasteiger charge is -2.42. The molecule has 138 valence electrons. The van der Waals surface area contributed by atoms with E-state index in [4.69, 9.17) is 9.84 Å². The van der Waals surface area contributed by atoms with E-state index in [2.05, 4.69) is 5.32 Å². The lowest BCUT2D eigenvalue weighted by molar-refractivity contribution is -0.0628. The van der Waals surface area contributed by atoms with E-state index in [1.54, 1.807) is 19.9 Å². The maximum atomic E-state index is 13.1. The summed E-state index contributed by atoms with van der Waals surface area (Å²) in [6, 6.07) is 9.98. The molecule has 1 aliphatic heterocycles. The number of nitrogens with one attached hydrogen (secondary N) is 1. The van der Waals surface area contributed by atoms with Gasteiger partial charge in [-0.3, -0.25) is 4.79 Å². The minimum Gasteiger partial charge on any atom is -0.485 e. The molecular weight excluding hydrogens is 337 g/mol. The third-order valence-electron chi connectivity index (χ3n) is 4.60. The SMILES string of the molecule is CC1(C)Oc2ccc(CCO)cc2[C@@H](NC(=O)c2ccc(F)cc2)[C@@H]1O. The first kappa shape index (κ1) is 18.4. The van der Waals surface area contributed by atoms with E-state index in [1.165, 1.54) is 24.3 Å². The highest BCUT2D eigenvalue weighted by molar-refractivity contribution is 5.94. The predicted molar refractivity (Wildman–Crippen MR) is 94.6 cm³/mol. The van der Waals surface area contributed by atoms with Crippen LogP contribution in [0.25, 0.3) is 0 Å². The number of hydrogen-bond acceptors (Lipinski definition) is 4. The summed E-state index contributed by atoms with van der Waals surface area (Å²) in [6.45, 7) is 3.50. The molecule has 6 heteroatoms. The Morgan fingerprint density at radius 3 is 2.58 bits per heavy atom. The van der Waals surface area contributed by atoms with Crippen LogP contribution in [0.15, 0.2) is 42.5 Å². The van der Waals surface area contributed by atoms with Crippen molar-refractivity contribution in [3.05, 3.63) is 65.0 Å². The van der Waals surface area contributed by atoms with Crippen molar-refractivity contribution in [2.45, 2.75) is 38.0 Å². The zero-order chi connectivity index (χ0) is 18.9. The summed E-state index contributed by atoms with van der Waals surface area (Å²) in [5.41, 5.74) is 0.934. The number of carbonyl (C=O) groups is 1. The lowest BCUT2D eigenvalue weighted by atomic mass is 9.85. The van der Waals surface area contributed by atoms with Gasteiger partial charge < -0.3 is 20.3 Å². The maximum Gasteiger partial charge on any atom is 0.251 e. The summed E-state index contributed by atoms with van der Waals surface area (Å²) in [4.78, 5) is 12.6. The van der Waals surface area contributed by atoms with Crippen LogP contribution in [-0.4, -0.2) is 34.4 Å². The fourth-order valence-electron chi connectivity index (χ4n) is 3.12. The molecule has 2 aromatic carbocycles. The Morgan fingerprint density at radius 1 is 1.23 bits per heavy atom. The molecule has 1 heterocycles. The largest absolute Gasteiger partial charge is 0.485 e. The monoisotopic (exact) mass is 359 g/mol. The van der Waals surface area contributed by atoms with Gasteiger partial charge in [0.05, 0.1) is 6.04 Å². The molecule has 0 bridgehead atoms. The number of amides is 1. The van der Waals surface area contributed by atoms with Gasteiger partial charge in [-0.1, -0.05) is 6.07 Å². The number of aliphatic hydroxyl groups is 2. The Balaban J connectivity index is 1.94. The van der Waals surface area contributed by atoms with Crippen LogP contribution in [0.5, 0.6) is 5.75 Å². The van der Waals surface area contributed by atoms with Gasteiger partial charge in [0.1, 0.15) is 23.3 Å². The number of hydrogen-bond donors (Lipinski definition) is 3. The molecule has 0 saturated carbocycles. The van der Waals surface area contributed by atoms with Crippen molar-refractivity contribution in [1.82, 2.24) is 5.32 Å². The smallest absolute Gasteiger partial charge is 0.251 e. The van der Waals surface area contributed by atoms with Crippen molar-refractivity contribution in [2.24, 2.45) is 0 Å². The number of carbonyl (C=O) groups excluding carboxylic acids is 1. The Hall–Kier alpha value is -2.44. The minimum atomic E-state index is -0.983. The summed E-state index contributed by atoms with van der Waals surface area (Å²) >= 11 is 0. The summed E-state index contributed by atoms with van der Waals surface area (Å²) in [5, 5.41) is 22.7. The molecular formula is C20H22FNO4. The van der Waals surface area contributed by atoms with Gasteiger partial charge in [-0.2, -0.15) is 0 Å². The molecule has 2 atom stereocenters. The lowest BCUT2D eigenvalue weighted by Crippen LogP contribution is -2.53. The molecule has 1 aliphatic rings. The second-order valence-electron chi connectivity index (χ2n) is 6.95. The van der Waals surface area contributed by atoms with Crippen LogP contribution >= 0.6 is 0 Å². The highest BCUT2D eigenvalue weighted by Crippen LogP contribution is 2.40. The van der Waals surface area contributed by atoms with Crippen LogP contribution in [0.1, 0.15) is 41.4 Å². The molecule has 3 N–H and O–H groups in total. The molecule has 0 aliphatic carbocycles.